The zero-order valence-corrected chi connectivity index (χ0v) is 26.1. The Morgan fingerprint density at radius 2 is 0.737 bits per heavy atom. The molecule has 0 heterocycles. The van der Waals surface area contributed by atoms with Gasteiger partial charge in [0.15, 0.2) is 0 Å². The van der Waals surface area contributed by atoms with Crippen LogP contribution in [0.25, 0.3) is 0 Å². The molecule has 0 bridgehead atoms. The van der Waals surface area contributed by atoms with Gasteiger partial charge >= 0.3 is 10.4 Å². The van der Waals surface area contributed by atoms with Crippen LogP contribution in [0.1, 0.15) is 155 Å². The summed E-state index contributed by atoms with van der Waals surface area (Å²) in [6.45, 7) is 6.41. The van der Waals surface area contributed by atoms with E-state index < -0.39 is 10.4 Å². The van der Waals surface area contributed by atoms with Crippen LogP contribution in [0.4, 0.5) is 0 Å². The number of nitrogens with one attached hydrogen (secondary N) is 1. The Labute approximate surface area is 237 Å². The SMILES string of the molecule is CCCCCCCCCCCCCOS(=O)(=O)OCCCCCCCCCCCCC.OCCNCCO. The standard InChI is InChI=1S/C26H54O4S.C4H11NO2/c1-3-5-7-9-11-13-15-17-19-21-23-25-29-31(27,28)30-26-24-22-20-18-16-14-12-10-8-6-4-2;6-3-1-5-2-4-7/h3-26H2,1-2H3;5-7H,1-4H2. The lowest BCUT2D eigenvalue weighted by Gasteiger charge is -2.06. The maximum Gasteiger partial charge on any atom is 0.399 e. The van der Waals surface area contributed by atoms with Gasteiger partial charge in [-0.2, -0.15) is 8.42 Å². The van der Waals surface area contributed by atoms with Crippen molar-refractivity contribution in [3.8, 4) is 0 Å². The maximum atomic E-state index is 11.8. The fraction of sp³-hybridized carbons (Fsp3) is 1.00. The highest BCUT2D eigenvalue weighted by Crippen LogP contribution is 2.13. The topological polar surface area (TPSA) is 105 Å². The summed E-state index contributed by atoms with van der Waals surface area (Å²) in [5.41, 5.74) is 0. The molecule has 0 amide bonds. The van der Waals surface area contributed by atoms with Crippen LogP contribution in [0, 0.1) is 0 Å². The van der Waals surface area contributed by atoms with Gasteiger partial charge in [-0.25, -0.2) is 8.37 Å². The summed E-state index contributed by atoms with van der Waals surface area (Å²) in [7, 11) is -3.81. The van der Waals surface area contributed by atoms with Gasteiger partial charge in [0.2, 0.25) is 0 Å². The predicted molar refractivity (Wildman–Crippen MR) is 161 cm³/mol. The highest BCUT2D eigenvalue weighted by molar-refractivity contribution is 7.81. The van der Waals surface area contributed by atoms with Gasteiger partial charge in [-0.3, -0.25) is 0 Å². The fourth-order valence-corrected chi connectivity index (χ4v) is 4.88. The Bertz CT molecular complexity index is 481. The van der Waals surface area contributed by atoms with E-state index in [0.29, 0.717) is 13.1 Å². The van der Waals surface area contributed by atoms with E-state index in [1.807, 2.05) is 0 Å². The summed E-state index contributed by atoms with van der Waals surface area (Å²) in [6.07, 6.45) is 27.3. The number of aliphatic hydroxyl groups excluding tert-OH is 2. The molecule has 0 aliphatic heterocycles. The minimum atomic E-state index is -3.81. The number of hydrogen-bond donors (Lipinski definition) is 3. The summed E-state index contributed by atoms with van der Waals surface area (Å²) in [5, 5.41) is 19.1. The summed E-state index contributed by atoms with van der Waals surface area (Å²) in [4.78, 5) is 0. The predicted octanol–water partition coefficient (Wildman–Crippen LogP) is 7.45. The molecule has 0 aromatic heterocycles. The van der Waals surface area contributed by atoms with Crippen LogP contribution < -0.4 is 5.32 Å². The monoisotopic (exact) mass is 567 g/mol. The Kier molecular flexibility index (Phi) is 36.5. The average molecular weight is 568 g/mol. The Hall–Kier alpha value is -0.250. The van der Waals surface area contributed by atoms with Crippen molar-refractivity contribution in [2.45, 2.75) is 155 Å². The largest absolute Gasteiger partial charge is 0.399 e. The lowest BCUT2D eigenvalue weighted by Crippen LogP contribution is -2.21. The van der Waals surface area contributed by atoms with Crippen LogP contribution in [0.3, 0.4) is 0 Å². The second-order valence-electron chi connectivity index (χ2n) is 10.3. The number of aliphatic hydroxyl groups is 2. The fourth-order valence-electron chi connectivity index (χ4n) is 4.17. The maximum absolute atomic E-state index is 11.8. The molecule has 0 aliphatic rings. The molecule has 0 aliphatic carbocycles. The third-order valence-corrected chi connectivity index (χ3v) is 7.44. The Morgan fingerprint density at radius 1 is 0.474 bits per heavy atom. The van der Waals surface area contributed by atoms with Crippen molar-refractivity contribution in [1.29, 1.82) is 0 Å². The van der Waals surface area contributed by atoms with Gasteiger partial charge in [0.1, 0.15) is 0 Å². The van der Waals surface area contributed by atoms with Crippen LogP contribution in [-0.2, 0) is 18.8 Å². The third kappa shape index (κ3) is 37.9. The molecule has 0 saturated carbocycles. The smallest absolute Gasteiger partial charge is 0.395 e. The van der Waals surface area contributed by atoms with E-state index in [1.165, 1.54) is 103 Å². The van der Waals surface area contributed by atoms with Gasteiger partial charge in [-0.1, -0.05) is 142 Å². The summed E-state index contributed by atoms with van der Waals surface area (Å²) in [6, 6.07) is 0. The van der Waals surface area contributed by atoms with Crippen LogP contribution in [0.2, 0.25) is 0 Å². The summed E-state index contributed by atoms with van der Waals surface area (Å²) >= 11 is 0. The van der Waals surface area contributed by atoms with Crippen LogP contribution in [0.15, 0.2) is 0 Å². The van der Waals surface area contributed by atoms with E-state index in [0.717, 1.165) is 38.5 Å². The third-order valence-electron chi connectivity index (χ3n) is 6.53. The first-order valence-electron chi connectivity index (χ1n) is 16.0. The van der Waals surface area contributed by atoms with E-state index in [2.05, 4.69) is 19.2 Å². The van der Waals surface area contributed by atoms with Crippen molar-refractivity contribution in [2.75, 3.05) is 39.5 Å². The van der Waals surface area contributed by atoms with Crippen molar-refractivity contribution in [1.82, 2.24) is 5.32 Å². The minimum Gasteiger partial charge on any atom is -0.395 e. The van der Waals surface area contributed by atoms with Gasteiger partial charge < -0.3 is 15.5 Å². The highest BCUT2D eigenvalue weighted by Gasteiger charge is 2.11. The second kappa shape index (κ2) is 34.8. The van der Waals surface area contributed by atoms with Crippen molar-refractivity contribution in [2.24, 2.45) is 0 Å². The lowest BCUT2D eigenvalue weighted by atomic mass is 10.1. The van der Waals surface area contributed by atoms with Gasteiger partial charge in [0, 0.05) is 13.1 Å². The average Bonchev–Trinajstić information content (AvgIpc) is 2.90. The molecular formula is C30H65NO6S. The normalized spacial score (nSPS) is 11.5. The molecule has 0 spiro atoms. The molecule has 0 fully saturated rings. The van der Waals surface area contributed by atoms with E-state index in [4.69, 9.17) is 18.6 Å². The first-order chi connectivity index (χ1) is 18.5. The van der Waals surface area contributed by atoms with E-state index in [9.17, 15) is 8.42 Å². The molecule has 0 aromatic rings. The molecule has 0 unspecified atom stereocenters. The first kappa shape index (κ1) is 39.9. The zero-order valence-electron chi connectivity index (χ0n) is 25.2. The molecule has 232 valence electrons. The van der Waals surface area contributed by atoms with Crippen LogP contribution >= 0.6 is 0 Å². The molecule has 38 heavy (non-hydrogen) atoms. The molecule has 0 aromatic carbocycles. The van der Waals surface area contributed by atoms with E-state index >= 15 is 0 Å². The quantitative estimate of drug-likeness (QED) is 0.0774. The molecule has 0 radical (unpaired) electrons. The van der Waals surface area contributed by atoms with Crippen molar-refractivity contribution >= 4 is 10.4 Å². The number of unbranched alkanes of at least 4 members (excludes halogenated alkanes) is 20. The van der Waals surface area contributed by atoms with Gasteiger partial charge in [-0.05, 0) is 12.8 Å². The van der Waals surface area contributed by atoms with Gasteiger partial charge in [-0.15, -0.1) is 0 Å². The molecule has 0 rings (SSSR count). The van der Waals surface area contributed by atoms with Crippen LogP contribution in [-0.4, -0.2) is 58.1 Å². The van der Waals surface area contributed by atoms with E-state index in [1.54, 1.807) is 0 Å². The molecule has 0 saturated heterocycles. The Morgan fingerprint density at radius 3 is 1.00 bits per heavy atom. The van der Waals surface area contributed by atoms with Gasteiger partial charge in [0.05, 0.1) is 26.4 Å². The molecule has 0 atom stereocenters. The number of hydrogen-bond acceptors (Lipinski definition) is 7. The molecule has 8 heteroatoms. The lowest BCUT2D eigenvalue weighted by molar-refractivity contribution is 0.208. The van der Waals surface area contributed by atoms with Crippen molar-refractivity contribution < 1.29 is 27.0 Å². The summed E-state index contributed by atoms with van der Waals surface area (Å²) < 4.78 is 33.4. The highest BCUT2D eigenvalue weighted by atomic mass is 32.3. The zero-order chi connectivity index (χ0) is 28.4. The first-order valence-corrected chi connectivity index (χ1v) is 17.3. The minimum absolute atomic E-state index is 0.139. The number of rotatable bonds is 30. The van der Waals surface area contributed by atoms with E-state index in [-0.39, 0.29) is 26.4 Å². The summed E-state index contributed by atoms with van der Waals surface area (Å²) in [5.74, 6) is 0. The van der Waals surface area contributed by atoms with Gasteiger partial charge in [0.25, 0.3) is 0 Å². The second-order valence-corrected chi connectivity index (χ2v) is 11.6. The van der Waals surface area contributed by atoms with Crippen LogP contribution in [0.5, 0.6) is 0 Å². The molecule has 7 nitrogen and oxygen atoms in total. The van der Waals surface area contributed by atoms with Crippen molar-refractivity contribution in [3.05, 3.63) is 0 Å². The van der Waals surface area contributed by atoms with Crippen molar-refractivity contribution in [3.63, 3.8) is 0 Å². The Balaban J connectivity index is 0. The molecule has 3 N–H and O–H groups in total. The molecular weight excluding hydrogens is 502 g/mol.